The Hall–Kier alpha value is -2.80. The van der Waals surface area contributed by atoms with Crippen LogP contribution in [0.2, 0.25) is 0 Å². The molecule has 0 amide bonds. The average Bonchev–Trinajstić information content (AvgIpc) is 3.09. The summed E-state index contributed by atoms with van der Waals surface area (Å²) in [6, 6.07) is 10.5. The van der Waals surface area contributed by atoms with Gasteiger partial charge in [-0.25, -0.2) is 0 Å². The van der Waals surface area contributed by atoms with Gasteiger partial charge in [0, 0.05) is 19.5 Å². The second kappa shape index (κ2) is 8.60. The molecule has 2 aromatic rings. The van der Waals surface area contributed by atoms with Gasteiger partial charge in [-0.2, -0.15) is 0 Å². The summed E-state index contributed by atoms with van der Waals surface area (Å²) in [7, 11) is 0. The van der Waals surface area contributed by atoms with Crippen LogP contribution in [-0.4, -0.2) is 44.3 Å². The maximum absolute atomic E-state index is 10.8. The minimum atomic E-state index is -1.81. The summed E-state index contributed by atoms with van der Waals surface area (Å²) in [5.41, 5.74) is -3.82. The van der Waals surface area contributed by atoms with Gasteiger partial charge in [0.2, 0.25) is 5.97 Å². The topological polar surface area (TPSA) is 149 Å². The summed E-state index contributed by atoms with van der Waals surface area (Å²) in [4.78, 5) is 42.9. The van der Waals surface area contributed by atoms with Crippen LogP contribution in [0, 0.1) is 0 Å². The fourth-order valence-corrected chi connectivity index (χ4v) is 1.66. The largest absolute Gasteiger partial charge is 0.748 e. The number of hydrogen-bond acceptors (Lipinski definition) is 4. The van der Waals surface area contributed by atoms with E-state index in [0.717, 1.165) is 0 Å². The van der Waals surface area contributed by atoms with Crippen LogP contribution in [0.4, 0.5) is 0 Å². The Morgan fingerprint density at radius 1 is 0.783 bits per heavy atom. The number of aromatic carboxylic acids is 4. The first-order chi connectivity index (χ1) is 10.3. The standard InChI is InChI=1S/C9H5O8.C5H5.Ru/c10-6(11)2-1-3(7(12)13)5(9(16)17)4(2)8(14)15;1-2-4-5-3-1;/h1H,(H,10,11)(H,12,13)(H,14,15)(H,16,17);1-5H;/q-1;-5;. The van der Waals surface area contributed by atoms with E-state index in [4.69, 9.17) is 20.4 Å². The molecule has 9 heteroatoms. The molecule has 2 aromatic carbocycles. The van der Waals surface area contributed by atoms with Crippen LogP contribution in [0.15, 0.2) is 36.4 Å². The molecule has 0 bridgehead atoms. The van der Waals surface area contributed by atoms with Crippen molar-refractivity contribution in [2.45, 2.75) is 0 Å². The van der Waals surface area contributed by atoms with E-state index in [0.29, 0.717) is 6.07 Å². The first-order valence-corrected chi connectivity index (χ1v) is 5.70. The van der Waals surface area contributed by atoms with Crippen molar-refractivity contribution in [1.82, 2.24) is 0 Å². The van der Waals surface area contributed by atoms with E-state index >= 15 is 0 Å². The summed E-state index contributed by atoms with van der Waals surface area (Å²) in [5, 5.41) is 34.8. The van der Waals surface area contributed by atoms with Gasteiger partial charge in [-0.3, -0.25) is 14.4 Å². The van der Waals surface area contributed by atoms with Gasteiger partial charge in [0.15, 0.2) is 0 Å². The molecule has 2 rings (SSSR count). The number of carboxylic acids is 4. The van der Waals surface area contributed by atoms with E-state index < -0.39 is 46.1 Å². The van der Waals surface area contributed by atoms with Gasteiger partial charge in [0.25, 0.3) is 17.9 Å². The maximum atomic E-state index is 10.8. The molecule has 0 fully saturated rings. The van der Waals surface area contributed by atoms with Crippen molar-refractivity contribution in [3.63, 3.8) is 0 Å². The first-order valence-electron chi connectivity index (χ1n) is 5.70. The Balaban J connectivity index is 0.000000684. The molecule has 0 atom stereocenters. The van der Waals surface area contributed by atoms with Crippen molar-refractivity contribution in [3.05, 3.63) is 58.7 Å². The zero-order valence-electron chi connectivity index (χ0n) is 11.2. The normalized spacial score (nSPS) is 9.04. The maximum Gasteiger partial charge on any atom is 0.292 e. The predicted molar refractivity (Wildman–Crippen MR) is 71.9 cm³/mol. The van der Waals surface area contributed by atoms with Crippen molar-refractivity contribution in [1.29, 1.82) is 0 Å². The molecule has 0 unspecified atom stereocenters. The SMILES string of the molecule is O=C(O)c1c[c-](C(=O)O)c(C(=O)O)c1C(=O)O.[Ru].[cH-]1[cH-][cH-][cH-][cH-]1. The van der Waals surface area contributed by atoms with Gasteiger partial charge in [0.1, 0.15) is 0 Å². The van der Waals surface area contributed by atoms with Gasteiger partial charge in [-0.05, 0) is 22.3 Å². The van der Waals surface area contributed by atoms with E-state index in [9.17, 15) is 19.2 Å². The molecule has 0 saturated carbocycles. The van der Waals surface area contributed by atoms with Gasteiger partial charge >= 0.3 is 0 Å². The quantitative estimate of drug-likeness (QED) is 0.441. The molecule has 0 heterocycles. The second-order valence-electron chi connectivity index (χ2n) is 3.90. The Kier molecular flexibility index (Phi) is 7.55. The predicted octanol–water partition coefficient (Wildman–Crippen LogP) is 1.60. The summed E-state index contributed by atoms with van der Waals surface area (Å²) in [6.07, 6.45) is 0. The fraction of sp³-hybridized carbons (Fsp3) is 0. The molecule has 0 aromatic heterocycles. The molecule has 128 valence electrons. The molecule has 0 aliphatic rings. The number of rotatable bonds is 4. The Bertz CT molecular complexity index is 648. The third kappa shape index (κ3) is 4.86. The molecule has 0 radical (unpaired) electrons. The number of carbonyl (C=O) groups is 4. The molecule has 23 heavy (non-hydrogen) atoms. The van der Waals surface area contributed by atoms with Crippen molar-refractivity contribution in [3.8, 4) is 0 Å². The summed E-state index contributed by atoms with van der Waals surface area (Å²) < 4.78 is 0. The van der Waals surface area contributed by atoms with Crippen LogP contribution >= 0.6 is 0 Å². The number of hydrogen-bond donors (Lipinski definition) is 4. The molecule has 0 spiro atoms. The van der Waals surface area contributed by atoms with Crippen LogP contribution in [0.1, 0.15) is 41.4 Å². The van der Waals surface area contributed by atoms with E-state index in [1.54, 1.807) is 0 Å². The molecule has 0 aliphatic carbocycles. The third-order valence-electron chi connectivity index (χ3n) is 2.52. The van der Waals surface area contributed by atoms with Gasteiger partial charge < -0.3 is 55.6 Å². The van der Waals surface area contributed by atoms with Gasteiger partial charge in [0.05, 0.1) is 0 Å². The van der Waals surface area contributed by atoms with E-state index in [-0.39, 0.29) is 19.5 Å². The second-order valence-corrected chi connectivity index (χ2v) is 3.90. The molecule has 0 saturated heterocycles. The Labute approximate surface area is 142 Å². The molecular formula is C14H10O8Ru-6. The van der Waals surface area contributed by atoms with Crippen molar-refractivity contribution < 1.29 is 59.1 Å². The number of carboxylic acid groups (broad SMARTS) is 4. The van der Waals surface area contributed by atoms with Crippen molar-refractivity contribution in [2.24, 2.45) is 0 Å². The molecule has 0 aliphatic heterocycles. The van der Waals surface area contributed by atoms with Crippen LogP contribution < -0.4 is 0 Å². The first kappa shape index (κ1) is 20.2. The zero-order chi connectivity index (χ0) is 16.9. The fourth-order valence-electron chi connectivity index (χ4n) is 1.66. The van der Waals surface area contributed by atoms with Crippen LogP contribution in [0.5, 0.6) is 0 Å². The molecule has 8 nitrogen and oxygen atoms in total. The molecule has 4 N–H and O–H groups in total. The van der Waals surface area contributed by atoms with Gasteiger partial charge in [-0.15, -0.1) is 6.07 Å². The Morgan fingerprint density at radius 2 is 1.22 bits per heavy atom. The van der Waals surface area contributed by atoms with Crippen LogP contribution in [0.3, 0.4) is 0 Å². The van der Waals surface area contributed by atoms with Crippen LogP contribution in [-0.2, 0) is 19.5 Å². The van der Waals surface area contributed by atoms with Crippen molar-refractivity contribution in [2.75, 3.05) is 0 Å². The smallest absolute Gasteiger partial charge is 0.292 e. The Morgan fingerprint density at radius 3 is 1.48 bits per heavy atom. The van der Waals surface area contributed by atoms with E-state index in [1.165, 1.54) is 0 Å². The monoisotopic (exact) mass is 408 g/mol. The minimum absolute atomic E-state index is 0. The van der Waals surface area contributed by atoms with E-state index in [1.807, 2.05) is 30.3 Å². The van der Waals surface area contributed by atoms with E-state index in [2.05, 4.69) is 0 Å². The minimum Gasteiger partial charge on any atom is -0.748 e. The van der Waals surface area contributed by atoms with Crippen LogP contribution in [0.25, 0.3) is 0 Å². The van der Waals surface area contributed by atoms with Gasteiger partial charge in [-0.1, -0.05) is 0 Å². The summed E-state index contributed by atoms with van der Waals surface area (Å²) in [5.74, 6) is -7.05. The summed E-state index contributed by atoms with van der Waals surface area (Å²) in [6.45, 7) is 0. The zero-order valence-corrected chi connectivity index (χ0v) is 13.0. The third-order valence-corrected chi connectivity index (χ3v) is 2.52. The van der Waals surface area contributed by atoms with Crippen molar-refractivity contribution >= 4 is 23.9 Å². The summed E-state index contributed by atoms with van der Waals surface area (Å²) >= 11 is 0. The average molecular weight is 407 g/mol. The molecular weight excluding hydrogens is 397 g/mol.